The van der Waals surface area contributed by atoms with E-state index in [4.69, 9.17) is 23.2 Å². The van der Waals surface area contributed by atoms with Crippen LogP contribution in [0.3, 0.4) is 0 Å². The number of benzene rings is 1. The van der Waals surface area contributed by atoms with Crippen LogP contribution in [0.2, 0.25) is 10.0 Å². The molecule has 0 amide bonds. The predicted molar refractivity (Wildman–Crippen MR) is 76.0 cm³/mol. The Kier molecular flexibility index (Phi) is 3.93. The number of anilines is 1. The fourth-order valence-electron chi connectivity index (χ4n) is 1.42. The molecule has 8 heteroatoms. The van der Waals surface area contributed by atoms with Gasteiger partial charge in [-0.1, -0.05) is 29.3 Å². The standard InChI is InChI=1S/C11H9Cl2N3O2S/c1-19(17,18)16-11-5-10(14-6-15-11)7-2-3-8(12)9(13)4-7/h2-6H,1H3,(H,14,15,16). The number of aromatic nitrogens is 2. The molecule has 0 aliphatic carbocycles. The average Bonchev–Trinajstić information content (AvgIpc) is 2.31. The van der Waals surface area contributed by atoms with E-state index in [-0.39, 0.29) is 5.82 Å². The van der Waals surface area contributed by atoms with Crippen molar-refractivity contribution in [3.05, 3.63) is 40.6 Å². The van der Waals surface area contributed by atoms with Gasteiger partial charge in [0, 0.05) is 11.6 Å². The number of rotatable bonds is 3. The molecule has 5 nitrogen and oxygen atoms in total. The maximum absolute atomic E-state index is 11.1. The monoisotopic (exact) mass is 317 g/mol. The molecule has 100 valence electrons. The number of halogens is 2. The highest BCUT2D eigenvalue weighted by molar-refractivity contribution is 7.92. The van der Waals surface area contributed by atoms with Gasteiger partial charge in [-0.3, -0.25) is 4.72 Å². The van der Waals surface area contributed by atoms with Crippen LogP contribution in [0.25, 0.3) is 11.3 Å². The Balaban J connectivity index is 2.40. The first-order chi connectivity index (χ1) is 8.85. The van der Waals surface area contributed by atoms with Crippen molar-refractivity contribution in [1.29, 1.82) is 0 Å². The van der Waals surface area contributed by atoms with E-state index < -0.39 is 10.0 Å². The Morgan fingerprint density at radius 3 is 2.47 bits per heavy atom. The zero-order valence-electron chi connectivity index (χ0n) is 9.76. The van der Waals surface area contributed by atoms with E-state index in [0.29, 0.717) is 21.3 Å². The Hall–Kier alpha value is -1.37. The first kappa shape index (κ1) is 14.0. The molecule has 2 aromatic rings. The molecule has 1 heterocycles. The topological polar surface area (TPSA) is 72.0 Å². The van der Waals surface area contributed by atoms with Crippen molar-refractivity contribution in [2.75, 3.05) is 11.0 Å². The van der Waals surface area contributed by atoms with Crippen LogP contribution < -0.4 is 4.72 Å². The summed E-state index contributed by atoms with van der Waals surface area (Å²) in [5.74, 6) is 0.193. The summed E-state index contributed by atoms with van der Waals surface area (Å²) in [4.78, 5) is 7.89. The molecule has 19 heavy (non-hydrogen) atoms. The number of hydrogen-bond donors (Lipinski definition) is 1. The van der Waals surface area contributed by atoms with Crippen molar-refractivity contribution in [2.24, 2.45) is 0 Å². The zero-order valence-corrected chi connectivity index (χ0v) is 12.1. The maximum Gasteiger partial charge on any atom is 0.230 e. The van der Waals surface area contributed by atoms with Gasteiger partial charge in [0.15, 0.2) is 0 Å². The molecule has 0 aliphatic rings. The van der Waals surface area contributed by atoms with Crippen molar-refractivity contribution in [3.8, 4) is 11.3 Å². The molecule has 0 radical (unpaired) electrons. The summed E-state index contributed by atoms with van der Waals surface area (Å²) in [6.45, 7) is 0. The second-order valence-corrected chi connectivity index (χ2v) is 6.35. The summed E-state index contributed by atoms with van der Waals surface area (Å²) in [5.41, 5.74) is 1.26. The minimum atomic E-state index is -3.38. The fraction of sp³-hybridized carbons (Fsp3) is 0.0909. The molecule has 1 aromatic carbocycles. The Morgan fingerprint density at radius 2 is 1.84 bits per heavy atom. The van der Waals surface area contributed by atoms with E-state index in [1.165, 1.54) is 12.4 Å². The fourth-order valence-corrected chi connectivity index (χ4v) is 2.21. The van der Waals surface area contributed by atoms with E-state index in [1.807, 2.05) is 0 Å². The lowest BCUT2D eigenvalue weighted by Gasteiger charge is -2.06. The van der Waals surface area contributed by atoms with Crippen LogP contribution >= 0.6 is 23.2 Å². The smallest absolute Gasteiger partial charge is 0.230 e. The zero-order chi connectivity index (χ0) is 14.0. The SMILES string of the molecule is CS(=O)(=O)Nc1cc(-c2ccc(Cl)c(Cl)c2)ncn1. The van der Waals surface area contributed by atoms with E-state index in [0.717, 1.165) is 6.26 Å². The van der Waals surface area contributed by atoms with Crippen LogP contribution in [0.15, 0.2) is 30.6 Å². The highest BCUT2D eigenvalue weighted by atomic mass is 35.5. The number of hydrogen-bond acceptors (Lipinski definition) is 4. The molecule has 0 unspecified atom stereocenters. The summed E-state index contributed by atoms with van der Waals surface area (Å²) < 4.78 is 24.6. The quantitative estimate of drug-likeness (QED) is 0.944. The molecule has 1 N–H and O–H groups in total. The summed E-state index contributed by atoms with van der Waals surface area (Å²) in [6.07, 6.45) is 2.32. The van der Waals surface area contributed by atoms with Gasteiger partial charge in [-0.25, -0.2) is 18.4 Å². The van der Waals surface area contributed by atoms with E-state index >= 15 is 0 Å². The predicted octanol–water partition coefficient (Wildman–Crippen LogP) is 2.82. The molecule has 1 aromatic heterocycles. The van der Waals surface area contributed by atoms with Gasteiger partial charge in [-0.2, -0.15) is 0 Å². The van der Waals surface area contributed by atoms with Gasteiger partial charge in [-0.05, 0) is 12.1 Å². The molecule has 0 spiro atoms. The number of nitrogens with zero attached hydrogens (tertiary/aromatic N) is 2. The summed E-state index contributed by atoms with van der Waals surface area (Å²) in [7, 11) is -3.38. The van der Waals surface area contributed by atoms with E-state index in [2.05, 4.69) is 14.7 Å². The third-order valence-corrected chi connectivity index (χ3v) is 3.49. The lowest BCUT2D eigenvalue weighted by atomic mass is 10.1. The van der Waals surface area contributed by atoms with Crippen molar-refractivity contribution in [1.82, 2.24) is 9.97 Å². The lowest BCUT2D eigenvalue weighted by Crippen LogP contribution is -2.11. The van der Waals surface area contributed by atoms with Gasteiger partial charge < -0.3 is 0 Å². The third-order valence-electron chi connectivity index (χ3n) is 2.17. The molecule has 0 bridgehead atoms. The van der Waals surface area contributed by atoms with Gasteiger partial charge in [0.25, 0.3) is 0 Å². The molecule has 0 saturated heterocycles. The van der Waals surface area contributed by atoms with Crippen molar-refractivity contribution < 1.29 is 8.42 Å². The van der Waals surface area contributed by atoms with Crippen LogP contribution in [0.4, 0.5) is 5.82 Å². The Morgan fingerprint density at radius 1 is 1.11 bits per heavy atom. The first-order valence-corrected chi connectivity index (χ1v) is 7.75. The summed E-state index contributed by atoms with van der Waals surface area (Å²) in [6, 6.07) is 6.54. The second kappa shape index (κ2) is 5.32. The molecule has 0 aliphatic heterocycles. The summed E-state index contributed by atoms with van der Waals surface area (Å²) >= 11 is 11.8. The third kappa shape index (κ3) is 3.79. The maximum atomic E-state index is 11.1. The highest BCUT2D eigenvalue weighted by Gasteiger charge is 2.07. The molecular formula is C11H9Cl2N3O2S. The average molecular weight is 318 g/mol. The van der Waals surface area contributed by atoms with Crippen molar-refractivity contribution >= 4 is 39.0 Å². The lowest BCUT2D eigenvalue weighted by molar-refractivity contribution is 0.606. The van der Waals surface area contributed by atoms with Crippen LogP contribution in [0.5, 0.6) is 0 Å². The minimum Gasteiger partial charge on any atom is -0.267 e. The van der Waals surface area contributed by atoms with Crippen molar-refractivity contribution in [3.63, 3.8) is 0 Å². The van der Waals surface area contributed by atoms with Gasteiger partial charge >= 0.3 is 0 Å². The van der Waals surface area contributed by atoms with Gasteiger partial charge in [0.1, 0.15) is 12.1 Å². The molecule has 2 rings (SSSR count). The van der Waals surface area contributed by atoms with Gasteiger partial charge in [0.05, 0.1) is 22.0 Å². The highest BCUT2D eigenvalue weighted by Crippen LogP contribution is 2.28. The van der Waals surface area contributed by atoms with Crippen LogP contribution in [-0.2, 0) is 10.0 Å². The van der Waals surface area contributed by atoms with Crippen molar-refractivity contribution in [2.45, 2.75) is 0 Å². The Bertz CT molecular complexity index is 720. The van der Waals surface area contributed by atoms with E-state index in [9.17, 15) is 8.42 Å². The molecule has 0 fully saturated rings. The van der Waals surface area contributed by atoms with Crippen LogP contribution in [-0.4, -0.2) is 24.6 Å². The normalized spacial score (nSPS) is 11.3. The largest absolute Gasteiger partial charge is 0.267 e. The molecule has 0 saturated carbocycles. The molecule has 0 atom stereocenters. The number of nitrogens with one attached hydrogen (secondary N) is 1. The first-order valence-electron chi connectivity index (χ1n) is 5.10. The number of sulfonamides is 1. The summed E-state index contributed by atoms with van der Waals surface area (Å²) in [5, 5.41) is 0.837. The van der Waals surface area contributed by atoms with Crippen LogP contribution in [0, 0.1) is 0 Å². The second-order valence-electron chi connectivity index (χ2n) is 3.79. The van der Waals surface area contributed by atoms with E-state index in [1.54, 1.807) is 18.2 Å². The Labute approximate surface area is 120 Å². The van der Waals surface area contributed by atoms with Crippen LogP contribution in [0.1, 0.15) is 0 Å². The minimum absolute atomic E-state index is 0.193. The van der Waals surface area contributed by atoms with Gasteiger partial charge in [-0.15, -0.1) is 0 Å². The molecular weight excluding hydrogens is 309 g/mol. The van der Waals surface area contributed by atoms with Gasteiger partial charge in [0.2, 0.25) is 10.0 Å².